The minimum Gasteiger partial charge on any atom is -0.276 e. The summed E-state index contributed by atoms with van der Waals surface area (Å²) in [7, 11) is 1.90. The standard InChI is InChI=1S/C19H16N8/c1-26-11-14(9-22-26)8-16-10-21-18-19(23-16)27(25-24-18)12-13-4-5-17-15(7-13)3-2-6-20-17/h2-7,9-11H,8,12H2,1H3. The van der Waals surface area contributed by atoms with Crippen molar-refractivity contribution in [2.75, 3.05) is 0 Å². The Morgan fingerprint density at radius 3 is 2.89 bits per heavy atom. The molecule has 0 aliphatic carbocycles. The van der Waals surface area contributed by atoms with Gasteiger partial charge in [0.05, 0.1) is 30.1 Å². The van der Waals surface area contributed by atoms with Gasteiger partial charge in [0.15, 0.2) is 5.65 Å². The van der Waals surface area contributed by atoms with Crippen molar-refractivity contribution in [3.05, 3.63) is 71.9 Å². The first-order valence-electron chi connectivity index (χ1n) is 8.61. The highest BCUT2D eigenvalue weighted by molar-refractivity contribution is 5.79. The van der Waals surface area contributed by atoms with Gasteiger partial charge in [-0.3, -0.25) is 9.67 Å². The average Bonchev–Trinajstić information content (AvgIpc) is 3.28. The number of aryl methyl sites for hydroxylation is 1. The molecular formula is C19H16N8. The fourth-order valence-electron chi connectivity index (χ4n) is 3.15. The molecule has 0 spiro atoms. The van der Waals surface area contributed by atoms with Crippen molar-refractivity contribution in [1.29, 1.82) is 0 Å². The smallest absolute Gasteiger partial charge is 0.221 e. The van der Waals surface area contributed by atoms with Crippen molar-refractivity contribution in [1.82, 2.24) is 39.7 Å². The fourth-order valence-corrected chi connectivity index (χ4v) is 3.15. The predicted octanol–water partition coefficient (Wildman–Crippen LogP) is 2.14. The second-order valence-electron chi connectivity index (χ2n) is 6.49. The van der Waals surface area contributed by atoms with Crippen LogP contribution < -0.4 is 0 Å². The van der Waals surface area contributed by atoms with Gasteiger partial charge in [-0.25, -0.2) is 14.6 Å². The Labute approximate surface area is 154 Å². The molecule has 8 nitrogen and oxygen atoms in total. The molecule has 0 amide bonds. The van der Waals surface area contributed by atoms with Gasteiger partial charge in [-0.1, -0.05) is 17.3 Å². The van der Waals surface area contributed by atoms with Crippen molar-refractivity contribution >= 4 is 22.2 Å². The highest BCUT2D eigenvalue weighted by atomic mass is 15.4. The lowest BCUT2D eigenvalue weighted by Gasteiger charge is -2.05. The van der Waals surface area contributed by atoms with E-state index in [9.17, 15) is 0 Å². The lowest BCUT2D eigenvalue weighted by molar-refractivity contribution is 0.663. The van der Waals surface area contributed by atoms with Gasteiger partial charge in [0.1, 0.15) is 0 Å². The first-order chi connectivity index (χ1) is 13.2. The van der Waals surface area contributed by atoms with E-state index in [0.29, 0.717) is 24.3 Å². The summed E-state index contributed by atoms with van der Waals surface area (Å²) in [5, 5.41) is 13.7. The van der Waals surface area contributed by atoms with Crippen LogP contribution in [-0.4, -0.2) is 39.7 Å². The largest absolute Gasteiger partial charge is 0.276 e. The maximum atomic E-state index is 4.72. The van der Waals surface area contributed by atoms with Crippen LogP contribution in [0.5, 0.6) is 0 Å². The normalized spacial score (nSPS) is 11.4. The minimum atomic E-state index is 0.549. The zero-order valence-electron chi connectivity index (χ0n) is 14.7. The Kier molecular flexibility index (Phi) is 3.60. The van der Waals surface area contributed by atoms with Crippen LogP contribution in [0.1, 0.15) is 16.8 Å². The fraction of sp³-hybridized carbons (Fsp3) is 0.158. The van der Waals surface area contributed by atoms with E-state index in [-0.39, 0.29) is 0 Å². The molecule has 4 heterocycles. The van der Waals surface area contributed by atoms with E-state index in [2.05, 4.69) is 43.6 Å². The molecule has 132 valence electrons. The highest BCUT2D eigenvalue weighted by Crippen LogP contribution is 2.16. The molecule has 5 aromatic rings. The van der Waals surface area contributed by atoms with Gasteiger partial charge in [-0.2, -0.15) is 5.10 Å². The minimum absolute atomic E-state index is 0.549. The lowest BCUT2D eigenvalue weighted by Crippen LogP contribution is -2.04. The van der Waals surface area contributed by atoms with Crippen LogP contribution in [0.25, 0.3) is 22.2 Å². The van der Waals surface area contributed by atoms with Gasteiger partial charge in [0.2, 0.25) is 5.65 Å². The van der Waals surface area contributed by atoms with Crippen LogP contribution in [-0.2, 0) is 20.0 Å². The van der Waals surface area contributed by atoms with Gasteiger partial charge < -0.3 is 0 Å². The Morgan fingerprint density at radius 2 is 2.00 bits per heavy atom. The van der Waals surface area contributed by atoms with Gasteiger partial charge in [0, 0.05) is 31.2 Å². The molecule has 0 saturated heterocycles. The quantitative estimate of drug-likeness (QED) is 0.490. The number of pyridine rings is 1. The van der Waals surface area contributed by atoms with E-state index < -0.39 is 0 Å². The first-order valence-corrected chi connectivity index (χ1v) is 8.61. The molecule has 0 atom stereocenters. The van der Waals surface area contributed by atoms with Crippen LogP contribution in [0.2, 0.25) is 0 Å². The van der Waals surface area contributed by atoms with Crippen molar-refractivity contribution in [2.24, 2.45) is 7.05 Å². The molecule has 0 aliphatic heterocycles. The third kappa shape index (κ3) is 3.01. The number of benzene rings is 1. The molecule has 8 heteroatoms. The van der Waals surface area contributed by atoms with E-state index in [1.54, 1.807) is 21.8 Å². The SMILES string of the molecule is Cn1cc(Cc2cnc3nnn(Cc4ccc5ncccc5c4)c3n2)cn1. The summed E-state index contributed by atoms with van der Waals surface area (Å²) in [6, 6.07) is 10.2. The van der Waals surface area contributed by atoms with E-state index >= 15 is 0 Å². The molecule has 4 aromatic heterocycles. The van der Waals surface area contributed by atoms with E-state index in [1.165, 1.54) is 0 Å². The lowest BCUT2D eigenvalue weighted by atomic mass is 10.1. The van der Waals surface area contributed by atoms with E-state index in [4.69, 9.17) is 4.98 Å². The number of rotatable bonds is 4. The number of nitrogens with zero attached hydrogens (tertiary/aromatic N) is 8. The Morgan fingerprint density at radius 1 is 1.04 bits per heavy atom. The third-order valence-electron chi connectivity index (χ3n) is 4.42. The zero-order chi connectivity index (χ0) is 18.2. The van der Waals surface area contributed by atoms with Crippen LogP contribution in [0.15, 0.2) is 55.1 Å². The summed E-state index contributed by atoms with van der Waals surface area (Å²) in [4.78, 5) is 13.5. The second kappa shape index (κ2) is 6.24. The monoisotopic (exact) mass is 356 g/mol. The second-order valence-corrected chi connectivity index (χ2v) is 6.49. The molecule has 0 fully saturated rings. The molecule has 0 saturated carbocycles. The molecule has 0 aliphatic rings. The third-order valence-corrected chi connectivity index (χ3v) is 4.42. The Balaban J connectivity index is 1.47. The number of fused-ring (bicyclic) bond motifs is 2. The summed E-state index contributed by atoms with van der Waals surface area (Å²) >= 11 is 0. The number of aromatic nitrogens is 8. The first kappa shape index (κ1) is 15.6. The number of hydrogen-bond donors (Lipinski definition) is 0. The zero-order valence-corrected chi connectivity index (χ0v) is 14.7. The van der Waals surface area contributed by atoms with Crippen LogP contribution >= 0.6 is 0 Å². The molecule has 0 N–H and O–H groups in total. The summed E-state index contributed by atoms with van der Waals surface area (Å²) < 4.78 is 3.56. The molecule has 0 unspecified atom stereocenters. The van der Waals surface area contributed by atoms with Crippen molar-refractivity contribution in [3.8, 4) is 0 Å². The number of hydrogen-bond acceptors (Lipinski definition) is 6. The predicted molar refractivity (Wildman–Crippen MR) is 100.0 cm³/mol. The average molecular weight is 356 g/mol. The molecular weight excluding hydrogens is 340 g/mol. The van der Waals surface area contributed by atoms with Crippen LogP contribution in [0.3, 0.4) is 0 Å². The summed E-state index contributed by atoms with van der Waals surface area (Å²) in [6.45, 7) is 0.576. The van der Waals surface area contributed by atoms with Crippen LogP contribution in [0, 0.1) is 0 Å². The van der Waals surface area contributed by atoms with Gasteiger partial charge >= 0.3 is 0 Å². The van der Waals surface area contributed by atoms with Crippen molar-refractivity contribution in [3.63, 3.8) is 0 Å². The van der Waals surface area contributed by atoms with Crippen LogP contribution in [0.4, 0.5) is 0 Å². The van der Waals surface area contributed by atoms with Gasteiger partial charge in [0.25, 0.3) is 0 Å². The van der Waals surface area contributed by atoms with Gasteiger partial charge in [-0.15, -0.1) is 5.10 Å². The molecule has 0 bridgehead atoms. The molecule has 5 rings (SSSR count). The maximum absolute atomic E-state index is 4.72. The Hall–Kier alpha value is -3.68. The highest BCUT2D eigenvalue weighted by Gasteiger charge is 2.10. The van der Waals surface area contributed by atoms with E-state index in [0.717, 1.165) is 27.7 Å². The summed E-state index contributed by atoms with van der Waals surface area (Å²) in [5.41, 5.74) is 5.27. The van der Waals surface area contributed by atoms with Crippen molar-refractivity contribution < 1.29 is 0 Å². The maximum Gasteiger partial charge on any atom is 0.221 e. The van der Waals surface area contributed by atoms with Crippen molar-refractivity contribution in [2.45, 2.75) is 13.0 Å². The molecule has 27 heavy (non-hydrogen) atoms. The summed E-state index contributed by atoms with van der Waals surface area (Å²) in [6.07, 6.45) is 8.03. The van der Waals surface area contributed by atoms with Gasteiger partial charge in [-0.05, 0) is 29.3 Å². The summed E-state index contributed by atoms with van der Waals surface area (Å²) in [5.74, 6) is 0. The topological polar surface area (TPSA) is 87.2 Å². The molecule has 0 radical (unpaired) electrons. The molecule has 1 aromatic carbocycles. The Bertz CT molecular complexity index is 1250. The van der Waals surface area contributed by atoms with E-state index in [1.807, 2.05) is 31.6 Å².